The molecule has 5 atom stereocenters. The lowest BCUT2D eigenvalue weighted by molar-refractivity contribution is -0.241. The van der Waals surface area contributed by atoms with E-state index in [0.29, 0.717) is 10.7 Å². The number of anilines is 1. The Balaban J connectivity index is 2.45. The van der Waals surface area contributed by atoms with Gasteiger partial charge in [0.25, 0.3) is 5.91 Å². The van der Waals surface area contributed by atoms with Crippen LogP contribution in [0.4, 0.5) is 5.69 Å². The number of benzene rings is 1. The van der Waals surface area contributed by atoms with Gasteiger partial charge in [-0.25, -0.2) is 0 Å². The zero-order chi connectivity index (χ0) is 23.1. The predicted molar refractivity (Wildman–Crippen MR) is 105 cm³/mol. The minimum Gasteiger partial charge on any atom is -0.455 e. The van der Waals surface area contributed by atoms with Gasteiger partial charge in [0, 0.05) is 36.4 Å². The Bertz CT molecular complexity index is 902. The van der Waals surface area contributed by atoms with Gasteiger partial charge in [0.15, 0.2) is 30.6 Å². The fourth-order valence-electron chi connectivity index (χ4n) is 2.89. The Kier molecular flexibility index (Phi) is 8.20. The van der Waals surface area contributed by atoms with E-state index in [1.165, 1.54) is 24.3 Å². The number of amides is 1. The van der Waals surface area contributed by atoms with Gasteiger partial charge >= 0.3 is 17.9 Å². The van der Waals surface area contributed by atoms with Crippen LogP contribution >= 0.6 is 11.6 Å². The Hall–Kier alpha value is -3.34. The molecule has 0 aromatic heterocycles. The number of carbonyl (C=O) groups excluding carboxylic acids is 4. The van der Waals surface area contributed by atoms with Crippen LogP contribution < -0.4 is 5.32 Å². The molecule has 0 bridgehead atoms. The summed E-state index contributed by atoms with van der Waals surface area (Å²) in [5.41, 5.74) is 9.21. The van der Waals surface area contributed by atoms with Gasteiger partial charge in [-0.2, -0.15) is 0 Å². The number of esters is 3. The molecule has 1 N–H and O–H groups in total. The van der Waals surface area contributed by atoms with E-state index >= 15 is 0 Å². The van der Waals surface area contributed by atoms with Gasteiger partial charge < -0.3 is 24.3 Å². The number of halogens is 1. The number of nitrogens with zero attached hydrogens (tertiary/aromatic N) is 3. The van der Waals surface area contributed by atoms with Crippen molar-refractivity contribution in [3.8, 4) is 0 Å². The van der Waals surface area contributed by atoms with Crippen molar-refractivity contribution in [2.45, 2.75) is 51.4 Å². The number of azide groups is 1. The molecule has 0 spiro atoms. The van der Waals surface area contributed by atoms with Gasteiger partial charge in [-0.05, 0) is 29.8 Å². The third kappa shape index (κ3) is 6.57. The molecule has 0 saturated carbocycles. The molecule has 1 aliphatic heterocycles. The number of hydrogen-bond donors (Lipinski definition) is 1. The van der Waals surface area contributed by atoms with Gasteiger partial charge in [-0.1, -0.05) is 16.7 Å². The fourth-order valence-corrected chi connectivity index (χ4v) is 3.02. The molecule has 1 saturated heterocycles. The average Bonchev–Trinajstić information content (AvgIpc) is 2.67. The molecule has 166 valence electrons. The van der Waals surface area contributed by atoms with E-state index in [-0.39, 0.29) is 0 Å². The molecule has 1 aliphatic rings. The third-order valence-electron chi connectivity index (χ3n) is 3.95. The summed E-state index contributed by atoms with van der Waals surface area (Å²) in [6.45, 7) is 3.20. The lowest BCUT2D eigenvalue weighted by Crippen LogP contribution is -2.63. The summed E-state index contributed by atoms with van der Waals surface area (Å²) in [4.78, 5) is 50.5. The molecule has 1 amide bonds. The molecule has 0 radical (unpaired) electrons. The first kappa shape index (κ1) is 23.9. The lowest BCUT2D eigenvalue weighted by atomic mass is 9.96. The summed E-state index contributed by atoms with van der Waals surface area (Å²) >= 11 is 5.83. The van der Waals surface area contributed by atoms with Crippen molar-refractivity contribution in [1.29, 1.82) is 0 Å². The van der Waals surface area contributed by atoms with Crippen molar-refractivity contribution < 1.29 is 38.1 Å². The first-order valence-corrected chi connectivity index (χ1v) is 9.28. The standard InChI is InChI=1S/C18H19ClN4O8/c1-8(24)28-13-14(29-9(2)25)16(30-10(3)26)18(22-23-20)31-15(13)17(27)21-12-6-4-11(19)5-7-12/h4-7,13-16,18H,1-3H3,(H,21,27)/t13-,14-,15-,16+,18+/m0/s1. The maximum atomic E-state index is 12.9. The zero-order valence-electron chi connectivity index (χ0n) is 16.7. The zero-order valence-corrected chi connectivity index (χ0v) is 17.4. The predicted octanol–water partition coefficient (Wildman–Crippen LogP) is 2.11. The molecule has 0 unspecified atom stereocenters. The van der Waals surface area contributed by atoms with Crippen molar-refractivity contribution in [3.63, 3.8) is 0 Å². The fraction of sp³-hybridized carbons (Fsp3) is 0.444. The first-order chi connectivity index (χ1) is 14.6. The highest BCUT2D eigenvalue weighted by molar-refractivity contribution is 6.30. The van der Waals surface area contributed by atoms with E-state index in [9.17, 15) is 19.2 Å². The minimum atomic E-state index is -1.58. The molecular formula is C18H19ClN4O8. The van der Waals surface area contributed by atoms with Crippen LogP contribution in [0.1, 0.15) is 20.8 Å². The highest BCUT2D eigenvalue weighted by Gasteiger charge is 2.54. The molecule has 1 aromatic rings. The maximum Gasteiger partial charge on any atom is 0.303 e. The summed E-state index contributed by atoms with van der Waals surface area (Å²) in [6, 6.07) is 6.09. The van der Waals surface area contributed by atoms with Crippen LogP contribution in [-0.2, 0) is 38.1 Å². The van der Waals surface area contributed by atoms with Crippen molar-refractivity contribution in [2.75, 3.05) is 5.32 Å². The SMILES string of the molecule is CC(=O)O[C@@H]1[C@@H](OC(C)=O)[C@H](N=[N+]=[N-])O[C@H](C(=O)Nc2ccc(Cl)cc2)[C@H]1OC(C)=O. The molecule has 1 heterocycles. The van der Waals surface area contributed by atoms with Crippen LogP contribution in [0, 0.1) is 0 Å². The largest absolute Gasteiger partial charge is 0.455 e. The molecule has 1 aromatic carbocycles. The summed E-state index contributed by atoms with van der Waals surface area (Å²) in [7, 11) is 0. The van der Waals surface area contributed by atoms with E-state index in [2.05, 4.69) is 15.3 Å². The van der Waals surface area contributed by atoms with E-state index in [1.54, 1.807) is 0 Å². The van der Waals surface area contributed by atoms with Crippen molar-refractivity contribution >= 4 is 41.1 Å². The molecule has 12 nitrogen and oxygen atoms in total. The second-order valence-corrected chi connectivity index (χ2v) is 6.81. The maximum absolute atomic E-state index is 12.9. The smallest absolute Gasteiger partial charge is 0.303 e. The van der Waals surface area contributed by atoms with E-state index in [4.69, 9.17) is 36.1 Å². The highest BCUT2D eigenvalue weighted by Crippen LogP contribution is 2.30. The number of rotatable bonds is 6. The summed E-state index contributed by atoms with van der Waals surface area (Å²) < 4.78 is 21.0. The summed E-state index contributed by atoms with van der Waals surface area (Å²) in [5.74, 6) is -3.25. The summed E-state index contributed by atoms with van der Waals surface area (Å²) in [6.07, 6.45) is -7.60. The van der Waals surface area contributed by atoms with Gasteiger partial charge in [0.1, 0.15) is 0 Å². The average molecular weight is 455 g/mol. The Morgan fingerprint density at radius 2 is 1.48 bits per heavy atom. The van der Waals surface area contributed by atoms with E-state index in [1.807, 2.05) is 0 Å². The molecular weight excluding hydrogens is 436 g/mol. The van der Waals surface area contributed by atoms with Gasteiger partial charge in [0.05, 0.1) is 0 Å². The number of ether oxygens (including phenoxy) is 4. The number of carbonyl (C=O) groups is 4. The van der Waals surface area contributed by atoms with Crippen LogP contribution in [0.3, 0.4) is 0 Å². The second kappa shape index (κ2) is 10.6. The topological polar surface area (TPSA) is 166 Å². The van der Waals surface area contributed by atoms with Gasteiger partial charge in [-0.15, -0.1) is 0 Å². The minimum absolute atomic E-state index is 0.339. The molecule has 1 fully saturated rings. The van der Waals surface area contributed by atoms with Crippen LogP contribution in [0.15, 0.2) is 29.4 Å². The Morgan fingerprint density at radius 3 is 2.00 bits per heavy atom. The first-order valence-electron chi connectivity index (χ1n) is 8.90. The van der Waals surface area contributed by atoms with E-state index in [0.717, 1.165) is 20.8 Å². The van der Waals surface area contributed by atoms with Crippen molar-refractivity contribution in [1.82, 2.24) is 0 Å². The normalized spacial score (nSPS) is 24.8. The van der Waals surface area contributed by atoms with E-state index < -0.39 is 54.5 Å². The monoisotopic (exact) mass is 454 g/mol. The van der Waals surface area contributed by atoms with Gasteiger partial charge in [-0.3, -0.25) is 19.2 Å². The number of nitrogens with one attached hydrogen (secondary N) is 1. The van der Waals surface area contributed by atoms with Crippen LogP contribution in [0.25, 0.3) is 10.4 Å². The molecule has 2 rings (SSSR count). The second-order valence-electron chi connectivity index (χ2n) is 6.37. The van der Waals surface area contributed by atoms with Crippen molar-refractivity contribution in [2.24, 2.45) is 5.11 Å². The van der Waals surface area contributed by atoms with Crippen LogP contribution in [-0.4, -0.2) is 54.5 Å². The Morgan fingerprint density at radius 1 is 0.968 bits per heavy atom. The molecule has 0 aliphatic carbocycles. The Labute approximate surface area is 181 Å². The quantitative estimate of drug-likeness (QED) is 0.224. The van der Waals surface area contributed by atoms with Crippen LogP contribution in [0.2, 0.25) is 5.02 Å². The van der Waals surface area contributed by atoms with Gasteiger partial charge in [0.2, 0.25) is 0 Å². The number of hydrogen-bond acceptors (Lipinski definition) is 9. The van der Waals surface area contributed by atoms with Crippen molar-refractivity contribution in [3.05, 3.63) is 39.7 Å². The van der Waals surface area contributed by atoms with Crippen LogP contribution in [0.5, 0.6) is 0 Å². The molecule has 13 heteroatoms. The highest BCUT2D eigenvalue weighted by atomic mass is 35.5. The summed E-state index contributed by atoms with van der Waals surface area (Å²) in [5, 5.41) is 6.37. The third-order valence-corrected chi connectivity index (χ3v) is 4.21. The molecule has 31 heavy (non-hydrogen) atoms. The lowest BCUT2D eigenvalue weighted by Gasteiger charge is -2.42.